The van der Waals surface area contributed by atoms with Gasteiger partial charge in [-0.1, -0.05) is 49.2 Å². The summed E-state index contributed by atoms with van der Waals surface area (Å²) in [6, 6.07) is 13.1. The Morgan fingerprint density at radius 1 is 0.971 bits per heavy atom. The lowest BCUT2D eigenvalue weighted by molar-refractivity contribution is 0.0939. The van der Waals surface area contributed by atoms with Gasteiger partial charge in [0.2, 0.25) is 0 Å². The molecule has 0 fully saturated rings. The van der Waals surface area contributed by atoms with Gasteiger partial charge in [-0.15, -0.1) is 0 Å². The Kier molecular flexibility index (Phi) is 7.91. The standard InChI is InChI=1S/C25H24Cl2FNO4S/c1-14(2)17-11-18(28)13-19(12-17)33-24-22(26)10-9-21(23(24)27)25(30)29-15(3)16-5-7-20(8-6-16)34(4,31)32/h5-15H,1-4H3,(H,29,30). The van der Waals surface area contributed by atoms with Gasteiger partial charge in [0.1, 0.15) is 11.6 Å². The third kappa shape index (κ3) is 6.09. The monoisotopic (exact) mass is 523 g/mol. The number of sulfone groups is 1. The zero-order valence-electron chi connectivity index (χ0n) is 19.0. The van der Waals surface area contributed by atoms with Gasteiger partial charge in [-0.05, 0) is 60.4 Å². The van der Waals surface area contributed by atoms with Crippen molar-refractivity contribution in [3.8, 4) is 11.5 Å². The number of hydrogen-bond acceptors (Lipinski definition) is 4. The highest BCUT2D eigenvalue weighted by atomic mass is 35.5. The molecule has 0 saturated carbocycles. The SMILES string of the molecule is CC(C)c1cc(F)cc(Oc2c(Cl)ccc(C(=O)NC(C)c3ccc(S(C)(=O)=O)cc3)c2Cl)c1. The number of nitrogens with one attached hydrogen (secondary N) is 1. The van der Waals surface area contributed by atoms with Crippen molar-refractivity contribution in [1.29, 1.82) is 0 Å². The second-order valence-electron chi connectivity index (χ2n) is 8.25. The predicted molar refractivity (Wildman–Crippen MR) is 132 cm³/mol. The van der Waals surface area contributed by atoms with E-state index >= 15 is 0 Å². The minimum absolute atomic E-state index is 0.0139. The molecule has 0 saturated heterocycles. The van der Waals surface area contributed by atoms with Gasteiger partial charge >= 0.3 is 0 Å². The first-order valence-corrected chi connectivity index (χ1v) is 13.1. The van der Waals surface area contributed by atoms with E-state index in [9.17, 15) is 17.6 Å². The molecule has 0 aromatic heterocycles. The van der Waals surface area contributed by atoms with Crippen LogP contribution in [0.4, 0.5) is 4.39 Å². The van der Waals surface area contributed by atoms with E-state index in [1.165, 1.54) is 36.4 Å². The van der Waals surface area contributed by atoms with Crippen LogP contribution in [-0.2, 0) is 9.84 Å². The maximum atomic E-state index is 14.1. The van der Waals surface area contributed by atoms with Crippen LogP contribution in [0.25, 0.3) is 0 Å². The average Bonchev–Trinajstić information content (AvgIpc) is 2.75. The van der Waals surface area contributed by atoms with E-state index in [1.54, 1.807) is 25.1 Å². The van der Waals surface area contributed by atoms with E-state index < -0.39 is 27.6 Å². The molecule has 0 aliphatic heterocycles. The lowest BCUT2D eigenvalue weighted by Crippen LogP contribution is -2.27. The summed E-state index contributed by atoms with van der Waals surface area (Å²) in [5, 5.41) is 2.98. The molecule has 1 N–H and O–H groups in total. The largest absolute Gasteiger partial charge is 0.454 e. The first-order valence-electron chi connectivity index (χ1n) is 10.4. The molecule has 0 spiro atoms. The molecule has 5 nitrogen and oxygen atoms in total. The molecule has 0 aliphatic rings. The smallest absolute Gasteiger partial charge is 0.253 e. The molecule has 3 rings (SSSR count). The third-order valence-electron chi connectivity index (χ3n) is 5.23. The van der Waals surface area contributed by atoms with Gasteiger partial charge in [0.25, 0.3) is 5.91 Å². The Hall–Kier alpha value is -2.61. The second kappa shape index (κ2) is 10.3. The van der Waals surface area contributed by atoms with Crippen LogP contribution in [0.15, 0.2) is 59.5 Å². The number of carbonyl (C=O) groups excluding carboxylic acids is 1. The number of benzene rings is 3. The summed E-state index contributed by atoms with van der Waals surface area (Å²) >= 11 is 12.7. The number of halogens is 3. The van der Waals surface area contributed by atoms with E-state index in [2.05, 4.69) is 5.32 Å². The van der Waals surface area contributed by atoms with Crippen molar-refractivity contribution in [2.24, 2.45) is 0 Å². The minimum atomic E-state index is -3.32. The van der Waals surface area contributed by atoms with Crippen LogP contribution in [0.2, 0.25) is 10.0 Å². The number of amides is 1. The van der Waals surface area contributed by atoms with Crippen LogP contribution >= 0.6 is 23.2 Å². The molecule has 180 valence electrons. The van der Waals surface area contributed by atoms with Gasteiger partial charge in [0.15, 0.2) is 15.6 Å². The Balaban J connectivity index is 1.84. The Morgan fingerprint density at radius 3 is 2.21 bits per heavy atom. The van der Waals surface area contributed by atoms with Crippen LogP contribution < -0.4 is 10.1 Å². The van der Waals surface area contributed by atoms with E-state index in [1.807, 2.05) is 13.8 Å². The van der Waals surface area contributed by atoms with Gasteiger partial charge < -0.3 is 10.1 Å². The van der Waals surface area contributed by atoms with Crippen LogP contribution in [-0.4, -0.2) is 20.6 Å². The van der Waals surface area contributed by atoms with Gasteiger partial charge in [-0.25, -0.2) is 12.8 Å². The van der Waals surface area contributed by atoms with E-state index in [-0.39, 0.29) is 37.9 Å². The lowest BCUT2D eigenvalue weighted by atomic mass is 10.0. The predicted octanol–water partition coefficient (Wildman–Crippen LogP) is 6.94. The molecular weight excluding hydrogens is 500 g/mol. The molecule has 9 heteroatoms. The Morgan fingerprint density at radius 2 is 1.62 bits per heavy atom. The average molecular weight is 524 g/mol. The van der Waals surface area contributed by atoms with Crippen LogP contribution in [0.5, 0.6) is 11.5 Å². The Labute approximate surface area is 208 Å². The summed E-state index contributed by atoms with van der Waals surface area (Å²) in [7, 11) is -3.32. The van der Waals surface area contributed by atoms with E-state index in [0.717, 1.165) is 11.8 Å². The number of hydrogen-bond donors (Lipinski definition) is 1. The highest BCUT2D eigenvalue weighted by Crippen LogP contribution is 2.39. The van der Waals surface area contributed by atoms with E-state index in [0.29, 0.717) is 5.56 Å². The maximum absolute atomic E-state index is 14.1. The molecule has 0 heterocycles. The number of carbonyl (C=O) groups is 1. The maximum Gasteiger partial charge on any atom is 0.253 e. The number of rotatable bonds is 7. The van der Waals surface area contributed by atoms with Crippen LogP contribution in [0, 0.1) is 5.82 Å². The summed E-state index contributed by atoms with van der Waals surface area (Å²) in [6.07, 6.45) is 1.13. The van der Waals surface area contributed by atoms with Gasteiger partial charge in [0, 0.05) is 12.3 Å². The summed E-state index contributed by atoms with van der Waals surface area (Å²) < 4.78 is 43.1. The highest BCUT2D eigenvalue weighted by molar-refractivity contribution is 7.90. The van der Waals surface area contributed by atoms with Crippen LogP contribution in [0.1, 0.15) is 54.2 Å². The van der Waals surface area contributed by atoms with Gasteiger partial charge in [-0.2, -0.15) is 0 Å². The van der Waals surface area contributed by atoms with Crippen molar-refractivity contribution >= 4 is 38.9 Å². The van der Waals surface area contributed by atoms with E-state index in [4.69, 9.17) is 27.9 Å². The molecule has 34 heavy (non-hydrogen) atoms. The van der Waals surface area contributed by atoms with Crippen molar-refractivity contribution in [1.82, 2.24) is 5.32 Å². The molecule has 3 aromatic rings. The molecule has 1 unspecified atom stereocenters. The topological polar surface area (TPSA) is 72.5 Å². The molecule has 0 radical (unpaired) electrons. The van der Waals surface area contributed by atoms with Gasteiger partial charge in [-0.3, -0.25) is 4.79 Å². The molecule has 1 atom stereocenters. The van der Waals surface area contributed by atoms with Crippen LogP contribution in [0.3, 0.4) is 0 Å². The normalized spacial score (nSPS) is 12.5. The van der Waals surface area contributed by atoms with Crippen molar-refractivity contribution in [3.05, 3.63) is 87.2 Å². The van der Waals surface area contributed by atoms with Crippen molar-refractivity contribution in [2.75, 3.05) is 6.26 Å². The highest BCUT2D eigenvalue weighted by Gasteiger charge is 2.21. The molecular formula is C25H24Cl2FNO4S. The summed E-state index contributed by atoms with van der Waals surface area (Å²) in [4.78, 5) is 13.1. The van der Waals surface area contributed by atoms with Crippen molar-refractivity contribution in [2.45, 2.75) is 37.6 Å². The fraction of sp³-hybridized carbons (Fsp3) is 0.240. The quantitative estimate of drug-likeness (QED) is 0.363. The fourth-order valence-electron chi connectivity index (χ4n) is 3.26. The molecule has 3 aromatic carbocycles. The third-order valence-corrected chi connectivity index (χ3v) is 7.03. The summed E-state index contributed by atoms with van der Waals surface area (Å²) in [5.41, 5.74) is 1.58. The first-order chi connectivity index (χ1) is 15.9. The second-order valence-corrected chi connectivity index (χ2v) is 11.1. The Bertz CT molecular complexity index is 1330. The first kappa shape index (κ1) is 26.0. The fourth-order valence-corrected chi connectivity index (χ4v) is 4.42. The number of ether oxygens (including phenoxy) is 1. The zero-order valence-corrected chi connectivity index (χ0v) is 21.4. The lowest BCUT2D eigenvalue weighted by Gasteiger charge is -2.17. The molecule has 0 bridgehead atoms. The molecule has 0 aliphatic carbocycles. The summed E-state index contributed by atoms with van der Waals surface area (Å²) in [5.74, 6) is -0.605. The minimum Gasteiger partial charge on any atom is -0.454 e. The summed E-state index contributed by atoms with van der Waals surface area (Å²) in [6.45, 7) is 5.62. The van der Waals surface area contributed by atoms with Crippen molar-refractivity contribution < 1.29 is 22.3 Å². The van der Waals surface area contributed by atoms with Gasteiger partial charge in [0.05, 0.1) is 26.5 Å². The van der Waals surface area contributed by atoms with Crippen molar-refractivity contribution in [3.63, 3.8) is 0 Å². The molecule has 1 amide bonds. The zero-order chi connectivity index (χ0) is 25.2.